The van der Waals surface area contributed by atoms with Crippen molar-refractivity contribution in [2.45, 2.75) is 57.9 Å². The third-order valence-electron chi connectivity index (χ3n) is 9.00. The molecule has 196 valence electrons. The molecule has 3 saturated heterocycles. The van der Waals surface area contributed by atoms with Crippen LogP contribution in [-0.2, 0) is 11.2 Å². The highest BCUT2D eigenvalue weighted by atomic mass is 35.5. The van der Waals surface area contributed by atoms with Crippen molar-refractivity contribution in [3.63, 3.8) is 0 Å². The van der Waals surface area contributed by atoms with Crippen LogP contribution in [0.15, 0.2) is 42.8 Å². The van der Waals surface area contributed by atoms with E-state index >= 15 is 0 Å². The van der Waals surface area contributed by atoms with Gasteiger partial charge in [0.1, 0.15) is 0 Å². The summed E-state index contributed by atoms with van der Waals surface area (Å²) in [5.41, 5.74) is 4.95. The molecular formula is C30H43ClN4O. The molecule has 0 spiro atoms. The minimum atomic E-state index is 0.204. The first-order valence-corrected chi connectivity index (χ1v) is 14.4. The first kappa shape index (κ1) is 25.7. The number of allylic oxidation sites excluding steroid dienone is 1. The SMILES string of the molecule is C=C(CCc1cc(C)cc(Cl)c1)N1CCC(NC(=O)C2CC3CN(CC(=C)N4CCC4)CC3C2)CC1. The average molecular weight is 511 g/mol. The van der Waals surface area contributed by atoms with Gasteiger partial charge in [-0.2, -0.15) is 0 Å². The molecule has 1 aromatic rings. The van der Waals surface area contributed by atoms with Gasteiger partial charge >= 0.3 is 0 Å². The number of halogens is 1. The third-order valence-corrected chi connectivity index (χ3v) is 9.22. The number of carbonyl (C=O) groups excluding carboxylic acids is 1. The molecule has 3 aliphatic heterocycles. The fraction of sp³-hybridized carbons (Fsp3) is 0.633. The second kappa shape index (κ2) is 11.2. The predicted octanol–water partition coefficient (Wildman–Crippen LogP) is 4.85. The number of nitrogens with one attached hydrogen (secondary N) is 1. The molecule has 1 amide bonds. The number of aryl methyl sites for hydroxylation is 2. The van der Waals surface area contributed by atoms with Gasteiger partial charge in [0.05, 0.1) is 0 Å². The van der Waals surface area contributed by atoms with Crippen molar-refractivity contribution >= 4 is 17.5 Å². The normalized spacial score (nSPS) is 26.6. The summed E-state index contributed by atoms with van der Waals surface area (Å²) in [5.74, 6) is 1.86. The van der Waals surface area contributed by atoms with E-state index in [2.05, 4.69) is 52.2 Å². The molecule has 0 bridgehead atoms. The summed E-state index contributed by atoms with van der Waals surface area (Å²) in [6.07, 6.45) is 7.34. The Labute approximate surface area is 222 Å². The fourth-order valence-corrected chi connectivity index (χ4v) is 7.11. The number of carbonyl (C=O) groups is 1. The quantitative estimate of drug-likeness (QED) is 0.515. The summed E-state index contributed by atoms with van der Waals surface area (Å²) < 4.78 is 0. The molecule has 5 nitrogen and oxygen atoms in total. The summed E-state index contributed by atoms with van der Waals surface area (Å²) >= 11 is 6.21. The highest BCUT2D eigenvalue weighted by Gasteiger charge is 2.43. The summed E-state index contributed by atoms with van der Waals surface area (Å²) in [6, 6.07) is 6.56. The molecule has 1 N–H and O–H groups in total. The molecule has 0 aromatic heterocycles. The van der Waals surface area contributed by atoms with Crippen LogP contribution in [0.3, 0.4) is 0 Å². The second-order valence-electron chi connectivity index (χ2n) is 11.8. The molecule has 3 heterocycles. The van der Waals surface area contributed by atoms with E-state index in [1.807, 2.05) is 6.07 Å². The van der Waals surface area contributed by atoms with Crippen LogP contribution < -0.4 is 5.32 Å². The third kappa shape index (κ3) is 6.11. The van der Waals surface area contributed by atoms with Crippen molar-refractivity contribution in [2.75, 3.05) is 45.8 Å². The molecule has 1 aliphatic carbocycles. The Bertz CT molecular complexity index is 947. The number of amides is 1. The first-order chi connectivity index (χ1) is 17.3. The Morgan fingerprint density at radius 2 is 1.67 bits per heavy atom. The molecular weight excluding hydrogens is 468 g/mol. The van der Waals surface area contributed by atoms with Crippen molar-refractivity contribution in [3.05, 3.63) is 58.9 Å². The van der Waals surface area contributed by atoms with Gasteiger partial charge in [-0.1, -0.05) is 30.8 Å². The number of fused-ring (bicyclic) bond motifs is 1. The van der Waals surface area contributed by atoms with Crippen LogP contribution >= 0.6 is 11.6 Å². The Hall–Kier alpha value is -1.98. The van der Waals surface area contributed by atoms with E-state index in [9.17, 15) is 4.79 Å². The summed E-state index contributed by atoms with van der Waals surface area (Å²) in [6.45, 7) is 18.3. The average Bonchev–Trinajstić information content (AvgIpc) is 3.35. The van der Waals surface area contributed by atoms with Crippen LogP contribution in [0.4, 0.5) is 0 Å². The molecule has 6 heteroatoms. The number of nitrogens with zero attached hydrogens (tertiary/aromatic N) is 3. The van der Waals surface area contributed by atoms with Gasteiger partial charge in [-0.3, -0.25) is 9.69 Å². The first-order valence-electron chi connectivity index (χ1n) is 14.0. The van der Waals surface area contributed by atoms with Gasteiger partial charge in [0.2, 0.25) is 5.91 Å². The zero-order chi connectivity index (χ0) is 25.2. The predicted molar refractivity (Wildman–Crippen MR) is 148 cm³/mol. The lowest BCUT2D eigenvalue weighted by Crippen LogP contribution is -2.46. The molecule has 4 aliphatic rings. The van der Waals surface area contributed by atoms with E-state index in [1.165, 1.54) is 42.0 Å². The van der Waals surface area contributed by atoms with Crippen LogP contribution in [-0.4, -0.2) is 72.5 Å². The number of rotatable bonds is 9. The Morgan fingerprint density at radius 3 is 2.28 bits per heavy atom. The van der Waals surface area contributed by atoms with E-state index in [0.29, 0.717) is 23.8 Å². The van der Waals surface area contributed by atoms with Gasteiger partial charge in [0.25, 0.3) is 0 Å². The van der Waals surface area contributed by atoms with Crippen LogP contribution in [0.1, 0.15) is 49.7 Å². The highest BCUT2D eigenvalue weighted by Crippen LogP contribution is 2.42. The van der Waals surface area contributed by atoms with E-state index in [0.717, 1.165) is 76.3 Å². The number of piperidine rings is 1. The Kier molecular flexibility index (Phi) is 7.97. The maximum atomic E-state index is 13.1. The molecule has 4 fully saturated rings. The number of likely N-dealkylation sites (tertiary alicyclic amines) is 3. The minimum absolute atomic E-state index is 0.204. The van der Waals surface area contributed by atoms with E-state index < -0.39 is 0 Å². The zero-order valence-electron chi connectivity index (χ0n) is 22.0. The zero-order valence-corrected chi connectivity index (χ0v) is 22.7. The van der Waals surface area contributed by atoms with Crippen LogP contribution in [0.25, 0.3) is 0 Å². The van der Waals surface area contributed by atoms with Crippen LogP contribution in [0.5, 0.6) is 0 Å². The van der Waals surface area contributed by atoms with Gasteiger partial charge in [-0.15, -0.1) is 0 Å². The Balaban J connectivity index is 1.00. The minimum Gasteiger partial charge on any atom is -0.375 e. The molecule has 36 heavy (non-hydrogen) atoms. The molecule has 0 radical (unpaired) electrons. The van der Waals surface area contributed by atoms with E-state index in [-0.39, 0.29) is 5.92 Å². The number of benzene rings is 1. The van der Waals surface area contributed by atoms with Crippen molar-refractivity contribution in [1.82, 2.24) is 20.0 Å². The monoisotopic (exact) mass is 510 g/mol. The van der Waals surface area contributed by atoms with Crippen LogP contribution in [0.2, 0.25) is 5.02 Å². The summed E-state index contributed by atoms with van der Waals surface area (Å²) in [5, 5.41) is 4.22. The number of hydrogen-bond acceptors (Lipinski definition) is 4. The lowest BCUT2D eigenvalue weighted by molar-refractivity contribution is -0.126. The van der Waals surface area contributed by atoms with Gasteiger partial charge in [0.15, 0.2) is 0 Å². The van der Waals surface area contributed by atoms with Crippen molar-refractivity contribution in [3.8, 4) is 0 Å². The molecule has 1 aromatic carbocycles. The lowest BCUT2D eigenvalue weighted by atomic mass is 9.99. The smallest absolute Gasteiger partial charge is 0.223 e. The standard InChI is InChI=1S/C30H43ClN4O/c1-21-13-24(15-28(31)14-21)6-5-22(2)35-11-7-29(8-12-35)32-30(36)25-16-26-19-33(20-27(26)17-25)18-23(3)34-9-4-10-34/h13-15,25-27,29H,2-12,16-20H2,1H3,(H,32,36). The van der Waals surface area contributed by atoms with Crippen molar-refractivity contribution < 1.29 is 4.79 Å². The number of hydrogen-bond donors (Lipinski definition) is 1. The summed E-state index contributed by atoms with van der Waals surface area (Å²) in [4.78, 5) is 20.5. The largest absolute Gasteiger partial charge is 0.375 e. The highest BCUT2D eigenvalue weighted by molar-refractivity contribution is 6.30. The fourth-order valence-electron chi connectivity index (χ4n) is 6.79. The maximum absolute atomic E-state index is 13.1. The topological polar surface area (TPSA) is 38.8 Å². The van der Waals surface area contributed by atoms with Gasteiger partial charge in [-0.25, -0.2) is 0 Å². The molecule has 2 atom stereocenters. The van der Waals surface area contributed by atoms with Gasteiger partial charge in [0, 0.05) is 74.2 Å². The lowest BCUT2D eigenvalue weighted by Gasteiger charge is -2.36. The molecule has 2 unspecified atom stereocenters. The van der Waals surface area contributed by atoms with E-state index in [1.54, 1.807) is 0 Å². The maximum Gasteiger partial charge on any atom is 0.223 e. The Morgan fingerprint density at radius 1 is 1.00 bits per heavy atom. The van der Waals surface area contributed by atoms with E-state index in [4.69, 9.17) is 11.6 Å². The van der Waals surface area contributed by atoms with Crippen molar-refractivity contribution in [2.24, 2.45) is 17.8 Å². The van der Waals surface area contributed by atoms with Gasteiger partial charge < -0.3 is 15.1 Å². The molecule has 5 rings (SSSR count). The van der Waals surface area contributed by atoms with Crippen LogP contribution in [0, 0.1) is 24.7 Å². The summed E-state index contributed by atoms with van der Waals surface area (Å²) in [7, 11) is 0. The molecule has 1 saturated carbocycles. The second-order valence-corrected chi connectivity index (χ2v) is 12.2. The van der Waals surface area contributed by atoms with Gasteiger partial charge in [-0.05, 0) is 87.0 Å². The van der Waals surface area contributed by atoms with Crippen molar-refractivity contribution in [1.29, 1.82) is 0 Å².